The van der Waals surface area contributed by atoms with Crippen molar-refractivity contribution in [1.29, 1.82) is 0 Å². The Balaban J connectivity index is 2.14. The summed E-state index contributed by atoms with van der Waals surface area (Å²) in [6, 6.07) is 12.5. The summed E-state index contributed by atoms with van der Waals surface area (Å²) in [4.78, 5) is 24.0. The minimum absolute atomic E-state index is 0.180. The van der Waals surface area contributed by atoms with Gasteiger partial charge in [0.05, 0.1) is 16.1 Å². The van der Waals surface area contributed by atoms with Gasteiger partial charge in [-0.15, -0.1) is 0 Å². The lowest BCUT2D eigenvalue weighted by atomic mass is 10.2. The number of anilines is 1. The highest BCUT2D eigenvalue weighted by Gasteiger charge is 2.22. The number of sulfonamides is 1. The van der Waals surface area contributed by atoms with Crippen molar-refractivity contribution in [3.8, 4) is 0 Å². The molecule has 0 unspecified atom stereocenters. The van der Waals surface area contributed by atoms with E-state index in [0.29, 0.717) is 12.2 Å². The average Bonchev–Trinajstić information content (AvgIpc) is 2.68. The first-order valence-corrected chi connectivity index (χ1v) is 10.2. The highest BCUT2D eigenvalue weighted by molar-refractivity contribution is 7.92. The first-order valence-electron chi connectivity index (χ1n) is 8.81. The zero-order chi connectivity index (χ0) is 20.9. The van der Waals surface area contributed by atoms with Crippen LogP contribution in [0.3, 0.4) is 0 Å². The van der Waals surface area contributed by atoms with Crippen molar-refractivity contribution < 1.29 is 22.7 Å². The van der Waals surface area contributed by atoms with E-state index in [1.165, 1.54) is 38.2 Å². The fourth-order valence-corrected chi connectivity index (χ4v) is 3.61. The molecule has 0 spiro atoms. The number of carbonyl (C=O) groups is 2. The van der Waals surface area contributed by atoms with E-state index in [0.717, 1.165) is 9.87 Å². The molecule has 0 saturated carbocycles. The molecular formula is C20H24N2O5S. The molecule has 0 aliphatic rings. The lowest BCUT2D eigenvalue weighted by Crippen LogP contribution is -2.35. The third kappa shape index (κ3) is 4.89. The van der Waals surface area contributed by atoms with Gasteiger partial charge in [0.2, 0.25) is 0 Å². The van der Waals surface area contributed by atoms with Gasteiger partial charge in [-0.1, -0.05) is 17.7 Å². The third-order valence-electron chi connectivity index (χ3n) is 4.15. The molecule has 0 aromatic heterocycles. The van der Waals surface area contributed by atoms with Crippen LogP contribution in [-0.4, -0.2) is 40.0 Å². The molecule has 2 rings (SSSR count). The molecule has 2 aromatic carbocycles. The number of hydrogen-bond donors (Lipinski definition) is 1. The smallest absolute Gasteiger partial charge is 0.338 e. The van der Waals surface area contributed by atoms with E-state index < -0.39 is 22.1 Å². The summed E-state index contributed by atoms with van der Waals surface area (Å²) in [7, 11) is -2.27. The Bertz CT molecular complexity index is 938. The molecule has 7 nitrogen and oxygen atoms in total. The van der Waals surface area contributed by atoms with Crippen LogP contribution in [-0.2, 0) is 19.6 Å². The SMILES string of the molecule is CCNC(=O)[C@@H](C)OC(=O)c1ccc(N(C)S(=O)(=O)c2ccc(C)cc2)cc1. The van der Waals surface area contributed by atoms with Crippen molar-refractivity contribution in [2.45, 2.75) is 31.8 Å². The number of carbonyl (C=O) groups excluding carboxylic acids is 2. The molecule has 0 aliphatic carbocycles. The van der Waals surface area contributed by atoms with Gasteiger partial charge >= 0.3 is 5.97 Å². The summed E-state index contributed by atoms with van der Waals surface area (Å²) in [6.45, 7) is 5.58. The Morgan fingerprint density at radius 1 is 1.07 bits per heavy atom. The zero-order valence-electron chi connectivity index (χ0n) is 16.3. The van der Waals surface area contributed by atoms with E-state index in [1.54, 1.807) is 31.2 Å². The van der Waals surface area contributed by atoms with Crippen LogP contribution >= 0.6 is 0 Å². The second-order valence-electron chi connectivity index (χ2n) is 6.27. The number of nitrogens with one attached hydrogen (secondary N) is 1. The van der Waals surface area contributed by atoms with E-state index in [9.17, 15) is 18.0 Å². The van der Waals surface area contributed by atoms with E-state index >= 15 is 0 Å². The molecule has 0 bridgehead atoms. The van der Waals surface area contributed by atoms with E-state index in [-0.39, 0.29) is 16.4 Å². The molecule has 150 valence electrons. The maximum absolute atomic E-state index is 12.7. The van der Waals surface area contributed by atoms with Gasteiger partial charge < -0.3 is 10.1 Å². The predicted octanol–water partition coefficient (Wildman–Crippen LogP) is 2.50. The van der Waals surface area contributed by atoms with Gasteiger partial charge in [-0.05, 0) is 57.2 Å². The first kappa shape index (κ1) is 21.4. The van der Waals surface area contributed by atoms with Crippen LogP contribution in [0, 0.1) is 6.92 Å². The largest absolute Gasteiger partial charge is 0.449 e. The maximum Gasteiger partial charge on any atom is 0.338 e. The minimum Gasteiger partial charge on any atom is -0.449 e. The van der Waals surface area contributed by atoms with Crippen molar-refractivity contribution in [1.82, 2.24) is 5.32 Å². The summed E-state index contributed by atoms with van der Waals surface area (Å²) in [5.41, 5.74) is 1.58. The number of nitrogens with zero attached hydrogens (tertiary/aromatic N) is 1. The molecule has 0 aliphatic heterocycles. The topological polar surface area (TPSA) is 92.8 Å². The standard InChI is InChI=1S/C20H24N2O5S/c1-5-21-19(23)15(3)27-20(24)16-8-10-17(11-9-16)22(4)28(25,26)18-12-6-14(2)7-13-18/h6-13,15H,5H2,1-4H3,(H,21,23)/t15-/m1/s1. The fraction of sp³-hybridized carbons (Fsp3) is 0.300. The Hall–Kier alpha value is -2.87. The zero-order valence-corrected chi connectivity index (χ0v) is 17.1. The number of esters is 1. The van der Waals surface area contributed by atoms with E-state index in [2.05, 4.69) is 5.32 Å². The summed E-state index contributed by atoms with van der Waals surface area (Å²) in [6.07, 6.45) is -0.920. The number of amides is 1. The number of rotatable bonds is 7. The molecule has 1 atom stereocenters. The molecule has 0 heterocycles. The van der Waals surface area contributed by atoms with Crippen molar-refractivity contribution in [2.75, 3.05) is 17.9 Å². The Morgan fingerprint density at radius 2 is 1.64 bits per heavy atom. The summed E-state index contributed by atoms with van der Waals surface area (Å²) < 4.78 is 31.7. The van der Waals surface area contributed by atoms with Gasteiger partial charge in [0.15, 0.2) is 6.10 Å². The minimum atomic E-state index is -3.71. The van der Waals surface area contributed by atoms with Crippen molar-refractivity contribution in [2.24, 2.45) is 0 Å². The van der Waals surface area contributed by atoms with Crippen LogP contribution in [0.4, 0.5) is 5.69 Å². The first-order chi connectivity index (χ1) is 13.2. The molecule has 28 heavy (non-hydrogen) atoms. The van der Waals surface area contributed by atoms with Crippen molar-refractivity contribution >= 4 is 27.6 Å². The maximum atomic E-state index is 12.7. The molecule has 8 heteroatoms. The fourth-order valence-electron chi connectivity index (χ4n) is 2.41. The summed E-state index contributed by atoms with van der Waals surface area (Å²) in [5.74, 6) is -1.04. The lowest BCUT2D eigenvalue weighted by molar-refractivity contribution is -0.128. The Kier molecular flexibility index (Phi) is 6.80. The normalized spacial score (nSPS) is 12.1. The number of benzene rings is 2. The van der Waals surface area contributed by atoms with Crippen LogP contribution in [0.2, 0.25) is 0 Å². The van der Waals surface area contributed by atoms with Gasteiger partial charge in [0.1, 0.15) is 0 Å². The monoisotopic (exact) mass is 404 g/mol. The van der Waals surface area contributed by atoms with E-state index in [4.69, 9.17) is 4.74 Å². The Morgan fingerprint density at radius 3 is 2.18 bits per heavy atom. The Labute approximate surface area is 165 Å². The van der Waals surface area contributed by atoms with Crippen LogP contribution < -0.4 is 9.62 Å². The molecule has 1 N–H and O–H groups in total. The van der Waals surface area contributed by atoms with Crippen LogP contribution in [0.25, 0.3) is 0 Å². The van der Waals surface area contributed by atoms with E-state index in [1.807, 2.05) is 6.92 Å². The van der Waals surface area contributed by atoms with Gasteiger partial charge in [-0.3, -0.25) is 9.10 Å². The van der Waals surface area contributed by atoms with Gasteiger partial charge in [-0.2, -0.15) is 0 Å². The quantitative estimate of drug-likeness (QED) is 0.716. The highest BCUT2D eigenvalue weighted by Crippen LogP contribution is 2.23. The van der Waals surface area contributed by atoms with Gasteiger partial charge in [0.25, 0.3) is 15.9 Å². The third-order valence-corrected chi connectivity index (χ3v) is 5.95. The lowest BCUT2D eigenvalue weighted by Gasteiger charge is -2.20. The van der Waals surface area contributed by atoms with Gasteiger partial charge in [-0.25, -0.2) is 13.2 Å². The van der Waals surface area contributed by atoms with Gasteiger partial charge in [0, 0.05) is 13.6 Å². The molecule has 2 aromatic rings. The van der Waals surface area contributed by atoms with Crippen molar-refractivity contribution in [3.05, 3.63) is 59.7 Å². The highest BCUT2D eigenvalue weighted by atomic mass is 32.2. The average molecular weight is 404 g/mol. The van der Waals surface area contributed by atoms with Crippen LogP contribution in [0.15, 0.2) is 53.4 Å². The molecule has 0 radical (unpaired) electrons. The molecule has 1 amide bonds. The van der Waals surface area contributed by atoms with Crippen molar-refractivity contribution in [3.63, 3.8) is 0 Å². The second kappa shape index (κ2) is 8.88. The van der Waals surface area contributed by atoms with Crippen LogP contribution in [0.5, 0.6) is 0 Å². The molecular weight excluding hydrogens is 380 g/mol. The molecule has 0 saturated heterocycles. The predicted molar refractivity (Wildman–Crippen MR) is 107 cm³/mol. The van der Waals surface area contributed by atoms with Crippen LogP contribution in [0.1, 0.15) is 29.8 Å². The number of hydrogen-bond acceptors (Lipinski definition) is 5. The summed E-state index contributed by atoms with van der Waals surface area (Å²) >= 11 is 0. The number of likely N-dealkylation sites (N-methyl/N-ethyl adjacent to an activating group) is 1. The summed E-state index contributed by atoms with van der Waals surface area (Å²) in [5, 5.41) is 2.57. The number of ether oxygens (including phenoxy) is 1. The second-order valence-corrected chi connectivity index (χ2v) is 8.24. The number of aryl methyl sites for hydroxylation is 1. The molecule has 0 fully saturated rings.